The molecule has 0 atom stereocenters. The lowest BCUT2D eigenvalue weighted by Gasteiger charge is -2.37. The minimum absolute atomic E-state index is 0.0309. The van der Waals surface area contributed by atoms with Gasteiger partial charge in [0, 0.05) is 11.0 Å². The molecule has 0 saturated carbocycles. The summed E-state index contributed by atoms with van der Waals surface area (Å²) in [5, 5.41) is 2.68. The van der Waals surface area contributed by atoms with Crippen LogP contribution >= 0.6 is 22.7 Å². The highest BCUT2D eigenvalue weighted by Gasteiger charge is 2.31. The predicted molar refractivity (Wildman–Crippen MR) is 98.7 cm³/mol. The molecule has 3 heterocycles. The van der Waals surface area contributed by atoms with Crippen molar-refractivity contribution in [2.45, 2.75) is 13.0 Å². The van der Waals surface area contributed by atoms with Crippen LogP contribution in [0.2, 0.25) is 0 Å². The summed E-state index contributed by atoms with van der Waals surface area (Å²) in [7, 11) is 0. The Balaban J connectivity index is 1.34. The van der Waals surface area contributed by atoms with E-state index in [9.17, 15) is 4.79 Å². The van der Waals surface area contributed by atoms with E-state index in [4.69, 9.17) is 4.74 Å². The number of para-hydroxylation sites is 1. The van der Waals surface area contributed by atoms with Crippen LogP contribution in [0, 0.1) is 6.92 Å². The lowest BCUT2D eigenvalue weighted by molar-refractivity contribution is -0.134. The molecule has 1 aliphatic rings. The molecular weight excluding hydrogens is 340 g/mol. The Morgan fingerprint density at radius 2 is 2.21 bits per heavy atom. The number of hydrogen-bond donors (Lipinski definition) is 0. The van der Waals surface area contributed by atoms with Crippen molar-refractivity contribution >= 4 is 44.9 Å². The van der Waals surface area contributed by atoms with Gasteiger partial charge in [-0.1, -0.05) is 29.5 Å². The number of amides is 1. The summed E-state index contributed by atoms with van der Waals surface area (Å²) in [6, 6.07) is 10.1. The molecule has 0 aliphatic carbocycles. The number of aryl methyl sites for hydroxylation is 1. The van der Waals surface area contributed by atoms with Gasteiger partial charge >= 0.3 is 0 Å². The summed E-state index contributed by atoms with van der Waals surface area (Å²) < 4.78 is 7.05. The van der Waals surface area contributed by atoms with Crippen molar-refractivity contribution < 1.29 is 9.53 Å². The van der Waals surface area contributed by atoms with Crippen molar-refractivity contribution in [3.63, 3.8) is 0 Å². The average Bonchev–Trinajstić information content (AvgIpc) is 3.18. The van der Waals surface area contributed by atoms with Gasteiger partial charge in [0.25, 0.3) is 5.19 Å². The zero-order chi connectivity index (χ0) is 16.5. The van der Waals surface area contributed by atoms with Crippen LogP contribution in [0.1, 0.15) is 10.4 Å². The molecule has 1 fully saturated rings. The molecule has 4 rings (SSSR count). The molecule has 4 nitrogen and oxygen atoms in total. The van der Waals surface area contributed by atoms with Crippen LogP contribution in [0.4, 0.5) is 0 Å². The quantitative estimate of drug-likeness (QED) is 0.664. The van der Waals surface area contributed by atoms with Gasteiger partial charge < -0.3 is 9.64 Å². The van der Waals surface area contributed by atoms with Gasteiger partial charge in [-0.3, -0.25) is 4.79 Å². The fourth-order valence-corrected chi connectivity index (χ4v) is 4.17. The molecule has 1 aliphatic heterocycles. The molecule has 0 radical (unpaired) electrons. The molecule has 6 heteroatoms. The van der Waals surface area contributed by atoms with Crippen molar-refractivity contribution in [2.24, 2.45) is 0 Å². The minimum atomic E-state index is 0.0309. The first-order valence-corrected chi connectivity index (χ1v) is 9.42. The molecule has 122 valence electrons. The van der Waals surface area contributed by atoms with Crippen LogP contribution in [0.15, 0.2) is 41.8 Å². The Morgan fingerprint density at radius 1 is 1.33 bits per heavy atom. The number of hydrogen-bond acceptors (Lipinski definition) is 5. The van der Waals surface area contributed by atoms with Gasteiger partial charge in [0.1, 0.15) is 6.10 Å². The second-order valence-electron chi connectivity index (χ2n) is 5.73. The molecule has 1 aromatic carbocycles. The highest BCUT2D eigenvalue weighted by Crippen LogP contribution is 2.31. The highest BCUT2D eigenvalue weighted by molar-refractivity contribution is 7.20. The summed E-state index contributed by atoms with van der Waals surface area (Å²) >= 11 is 3.18. The standard InChI is InChI=1S/C18H16N2O2S2/c1-12-4-2-6-15-17(12)19-18(24-15)22-13-10-20(11-13)16(21)8-7-14-5-3-9-23-14/h2-9,13H,10-11H2,1H3. The molecule has 2 aromatic heterocycles. The Morgan fingerprint density at radius 3 is 2.96 bits per heavy atom. The molecule has 0 unspecified atom stereocenters. The van der Waals surface area contributed by atoms with E-state index in [2.05, 4.69) is 24.0 Å². The number of carbonyl (C=O) groups is 1. The fourth-order valence-electron chi connectivity index (χ4n) is 2.60. The van der Waals surface area contributed by atoms with Gasteiger partial charge in [-0.25, -0.2) is 4.98 Å². The minimum Gasteiger partial charge on any atom is -0.463 e. The number of likely N-dealkylation sites (tertiary alicyclic amines) is 1. The number of thiophene rings is 1. The summed E-state index contributed by atoms with van der Waals surface area (Å²) in [6.45, 7) is 3.28. The van der Waals surface area contributed by atoms with E-state index < -0.39 is 0 Å². The van der Waals surface area contributed by atoms with Crippen molar-refractivity contribution in [3.8, 4) is 5.19 Å². The summed E-state index contributed by atoms with van der Waals surface area (Å²) in [5.41, 5.74) is 2.16. The zero-order valence-electron chi connectivity index (χ0n) is 13.1. The average molecular weight is 356 g/mol. The maximum atomic E-state index is 12.1. The van der Waals surface area contributed by atoms with Gasteiger partial charge in [-0.2, -0.15) is 0 Å². The molecular formula is C18H16N2O2S2. The molecule has 0 spiro atoms. The first-order chi connectivity index (χ1) is 11.7. The number of thiazole rings is 1. The van der Waals surface area contributed by atoms with Gasteiger partial charge in [0.15, 0.2) is 0 Å². The van der Waals surface area contributed by atoms with Gasteiger partial charge in [-0.05, 0) is 36.1 Å². The number of ether oxygens (including phenoxy) is 1. The van der Waals surface area contributed by atoms with E-state index in [1.165, 1.54) is 0 Å². The molecule has 0 N–H and O–H groups in total. The van der Waals surface area contributed by atoms with E-state index >= 15 is 0 Å². The van der Waals surface area contributed by atoms with Gasteiger partial charge in [-0.15, -0.1) is 11.3 Å². The lowest BCUT2D eigenvalue weighted by Crippen LogP contribution is -2.55. The topological polar surface area (TPSA) is 42.4 Å². The van der Waals surface area contributed by atoms with Crippen LogP contribution in [-0.2, 0) is 4.79 Å². The van der Waals surface area contributed by atoms with Gasteiger partial charge in [0.05, 0.1) is 23.3 Å². The van der Waals surface area contributed by atoms with Crippen LogP contribution in [0.25, 0.3) is 16.3 Å². The molecule has 1 amide bonds. The Labute approximate surface area is 148 Å². The smallest absolute Gasteiger partial charge is 0.274 e. The Kier molecular flexibility index (Phi) is 4.08. The molecule has 24 heavy (non-hydrogen) atoms. The van der Waals surface area contributed by atoms with Crippen molar-refractivity contribution in [3.05, 3.63) is 52.2 Å². The number of fused-ring (bicyclic) bond motifs is 1. The Hall–Kier alpha value is -2.18. The van der Waals surface area contributed by atoms with Crippen molar-refractivity contribution in [2.75, 3.05) is 13.1 Å². The fraction of sp³-hybridized carbons (Fsp3) is 0.222. The maximum absolute atomic E-state index is 12.1. The number of benzene rings is 1. The second kappa shape index (κ2) is 6.37. The van der Waals surface area contributed by atoms with E-state index in [1.807, 2.05) is 29.7 Å². The third-order valence-corrected chi connectivity index (χ3v) is 5.71. The normalized spacial score (nSPS) is 15.1. The maximum Gasteiger partial charge on any atom is 0.274 e. The molecule has 0 bridgehead atoms. The number of rotatable bonds is 4. The van der Waals surface area contributed by atoms with Crippen LogP contribution in [0.3, 0.4) is 0 Å². The summed E-state index contributed by atoms with van der Waals surface area (Å²) in [4.78, 5) is 19.5. The van der Waals surface area contributed by atoms with Crippen LogP contribution in [-0.4, -0.2) is 35.0 Å². The predicted octanol–water partition coefficient (Wildman–Crippen LogP) is 3.97. The van der Waals surface area contributed by atoms with E-state index in [-0.39, 0.29) is 12.0 Å². The largest absolute Gasteiger partial charge is 0.463 e. The molecule has 3 aromatic rings. The number of carbonyl (C=O) groups excluding carboxylic acids is 1. The first kappa shape index (κ1) is 15.4. The third kappa shape index (κ3) is 3.07. The molecule has 1 saturated heterocycles. The van der Waals surface area contributed by atoms with E-state index in [1.54, 1.807) is 33.6 Å². The van der Waals surface area contributed by atoms with Crippen molar-refractivity contribution in [1.82, 2.24) is 9.88 Å². The van der Waals surface area contributed by atoms with Crippen LogP contribution < -0.4 is 4.74 Å². The second-order valence-corrected chi connectivity index (χ2v) is 7.71. The first-order valence-electron chi connectivity index (χ1n) is 7.72. The summed E-state index contributed by atoms with van der Waals surface area (Å²) in [6.07, 6.45) is 3.52. The Bertz CT molecular complexity index is 893. The number of aromatic nitrogens is 1. The summed E-state index contributed by atoms with van der Waals surface area (Å²) in [5.74, 6) is 0.0309. The highest BCUT2D eigenvalue weighted by atomic mass is 32.1. The number of nitrogens with zero attached hydrogens (tertiary/aromatic N) is 2. The van der Waals surface area contributed by atoms with Gasteiger partial charge in [0.2, 0.25) is 5.91 Å². The zero-order valence-corrected chi connectivity index (χ0v) is 14.8. The lowest BCUT2D eigenvalue weighted by atomic mass is 10.1. The van der Waals surface area contributed by atoms with E-state index in [0.29, 0.717) is 18.3 Å². The monoisotopic (exact) mass is 356 g/mol. The van der Waals surface area contributed by atoms with E-state index in [0.717, 1.165) is 20.7 Å². The third-order valence-electron chi connectivity index (χ3n) is 3.96. The SMILES string of the molecule is Cc1cccc2sc(OC3CN(C(=O)C=Cc4cccs4)C3)nc12. The van der Waals surface area contributed by atoms with Crippen molar-refractivity contribution in [1.29, 1.82) is 0 Å². The van der Waals surface area contributed by atoms with Crippen LogP contribution in [0.5, 0.6) is 5.19 Å².